The Kier molecular flexibility index (Phi) is 6.70. The van der Waals surface area contributed by atoms with Crippen LogP contribution in [0.25, 0.3) is 11.5 Å². The number of carboxylic acid groups (broad SMARTS) is 1. The fraction of sp³-hybridized carbons (Fsp3) is 0.500. The van der Waals surface area contributed by atoms with Crippen LogP contribution in [0.15, 0.2) is 34.7 Å². The topological polar surface area (TPSA) is 129 Å². The van der Waals surface area contributed by atoms with Gasteiger partial charge in [0.05, 0.1) is 13.1 Å². The zero-order valence-corrected chi connectivity index (χ0v) is 18.4. The van der Waals surface area contributed by atoms with Crippen LogP contribution in [0, 0.1) is 0 Å². The second kappa shape index (κ2) is 9.67. The standard InChI is InChI=1S/C21H25N5O4.CH2O2/c1-24-9-11-25(12-10-24)19(27)16-7-8-21(30-16)13-26(14-21)20(28)18-23-22-17(29-18)15-5-3-2-4-6-15;2-1-3/h2-6,16H,7-14H2,1H3;1H,(H,2,3). The monoisotopic (exact) mass is 457 g/mol. The zero-order valence-electron chi connectivity index (χ0n) is 18.4. The van der Waals surface area contributed by atoms with E-state index in [2.05, 4.69) is 22.1 Å². The van der Waals surface area contributed by atoms with Gasteiger partial charge in [-0.3, -0.25) is 14.4 Å². The van der Waals surface area contributed by atoms with Crippen LogP contribution in [0.3, 0.4) is 0 Å². The first-order valence-electron chi connectivity index (χ1n) is 10.9. The van der Waals surface area contributed by atoms with Gasteiger partial charge in [0, 0.05) is 31.7 Å². The van der Waals surface area contributed by atoms with Gasteiger partial charge in [-0.2, -0.15) is 0 Å². The van der Waals surface area contributed by atoms with Gasteiger partial charge in [0.2, 0.25) is 5.89 Å². The number of carbonyl (C=O) groups is 3. The Labute approximate surface area is 190 Å². The largest absolute Gasteiger partial charge is 0.483 e. The Hall–Kier alpha value is -3.31. The lowest BCUT2D eigenvalue weighted by Gasteiger charge is -2.46. The molecule has 2 aromatic rings. The van der Waals surface area contributed by atoms with Gasteiger partial charge in [-0.05, 0) is 32.0 Å². The Bertz CT molecular complexity index is 982. The van der Waals surface area contributed by atoms with Crippen molar-refractivity contribution in [2.24, 2.45) is 0 Å². The number of likely N-dealkylation sites (tertiary alicyclic amines) is 1. The SMILES string of the molecule is CN1CCN(C(=O)C2CCC3(CN(C(=O)c4nnc(-c5ccccc5)o4)C3)O2)CC1.O=CO. The Morgan fingerprint density at radius 3 is 2.42 bits per heavy atom. The van der Waals surface area contributed by atoms with E-state index in [0.717, 1.165) is 38.2 Å². The molecule has 33 heavy (non-hydrogen) atoms. The minimum atomic E-state index is -0.426. The zero-order chi connectivity index (χ0) is 23.4. The molecular formula is C22H27N5O6. The van der Waals surface area contributed by atoms with Crippen LogP contribution in [0.1, 0.15) is 23.5 Å². The average Bonchev–Trinajstić information content (AvgIpc) is 3.47. The highest BCUT2D eigenvalue weighted by atomic mass is 16.5. The highest BCUT2D eigenvalue weighted by molar-refractivity contribution is 5.90. The number of benzene rings is 1. The molecule has 1 spiro atoms. The van der Waals surface area contributed by atoms with Crippen molar-refractivity contribution in [3.63, 3.8) is 0 Å². The first-order valence-corrected chi connectivity index (χ1v) is 10.9. The van der Waals surface area contributed by atoms with E-state index in [9.17, 15) is 9.59 Å². The van der Waals surface area contributed by atoms with Crippen LogP contribution < -0.4 is 0 Å². The highest BCUT2D eigenvalue weighted by Crippen LogP contribution is 2.39. The number of ether oxygens (including phenoxy) is 1. The molecule has 3 aliphatic rings. The van der Waals surface area contributed by atoms with Crippen molar-refractivity contribution in [3.05, 3.63) is 36.2 Å². The number of nitrogens with zero attached hydrogens (tertiary/aromatic N) is 5. The van der Waals surface area contributed by atoms with Gasteiger partial charge >= 0.3 is 11.8 Å². The summed E-state index contributed by atoms with van der Waals surface area (Å²) in [7, 11) is 2.06. The number of likely N-dealkylation sites (N-methyl/N-ethyl adjacent to an activating group) is 1. The van der Waals surface area contributed by atoms with Crippen LogP contribution in [-0.4, -0.2) is 106 Å². The maximum atomic E-state index is 12.8. The van der Waals surface area contributed by atoms with Crippen LogP contribution in [0.4, 0.5) is 0 Å². The molecule has 1 atom stereocenters. The van der Waals surface area contributed by atoms with Gasteiger partial charge < -0.3 is 29.0 Å². The molecule has 11 heteroatoms. The molecule has 1 aromatic carbocycles. The molecule has 0 saturated carbocycles. The number of hydrogen-bond donors (Lipinski definition) is 1. The third-order valence-corrected chi connectivity index (χ3v) is 6.22. The summed E-state index contributed by atoms with van der Waals surface area (Å²) in [6, 6.07) is 9.35. The molecular weight excluding hydrogens is 430 g/mol. The predicted molar refractivity (Wildman–Crippen MR) is 115 cm³/mol. The molecule has 1 unspecified atom stereocenters. The Morgan fingerprint density at radius 2 is 1.76 bits per heavy atom. The van der Waals surface area contributed by atoms with Gasteiger partial charge in [0.25, 0.3) is 12.4 Å². The number of amides is 2. The van der Waals surface area contributed by atoms with Crippen LogP contribution in [0.5, 0.6) is 0 Å². The molecule has 0 aliphatic carbocycles. The van der Waals surface area contributed by atoms with E-state index >= 15 is 0 Å². The summed E-state index contributed by atoms with van der Waals surface area (Å²) < 4.78 is 11.7. The maximum Gasteiger partial charge on any atom is 0.311 e. The minimum absolute atomic E-state index is 0.0215. The maximum absolute atomic E-state index is 12.8. The number of piperazine rings is 1. The molecule has 5 rings (SSSR count). The van der Waals surface area contributed by atoms with Crippen LogP contribution >= 0.6 is 0 Å². The smallest absolute Gasteiger partial charge is 0.311 e. The molecule has 176 valence electrons. The third kappa shape index (κ3) is 4.88. The van der Waals surface area contributed by atoms with Crippen LogP contribution in [-0.2, 0) is 14.3 Å². The lowest BCUT2D eigenvalue weighted by molar-refractivity contribution is -0.160. The molecule has 11 nitrogen and oxygen atoms in total. The van der Waals surface area contributed by atoms with Crippen molar-refractivity contribution in [1.82, 2.24) is 24.9 Å². The van der Waals surface area contributed by atoms with Gasteiger partial charge in [-0.15, -0.1) is 10.2 Å². The van der Waals surface area contributed by atoms with Gasteiger partial charge in [0.15, 0.2) is 0 Å². The summed E-state index contributed by atoms with van der Waals surface area (Å²) in [4.78, 5) is 39.6. The van der Waals surface area contributed by atoms with Gasteiger partial charge in [-0.1, -0.05) is 18.2 Å². The second-order valence-corrected chi connectivity index (χ2v) is 8.50. The van der Waals surface area contributed by atoms with Gasteiger partial charge in [-0.25, -0.2) is 0 Å². The summed E-state index contributed by atoms with van der Waals surface area (Å²) in [6.45, 7) is 3.91. The van der Waals surface area contributed by atoms with Crippen LogP contribution in [0.2, 0.25) is 0 Å². The quantitative estimate of drug-likeness (QED) is 0.658. The molecule has 3 saturated heterocycles. The highest BCUT2D eigenvalue weighted by Gasteiger charge is 2.53. The molecule has 1 aromatic heterocycles. The summed E-state index contributed by atoms with van der Waals surface area (Å²) in [5.41, 5.74) is 0.346. The number of aromatic nitrogens is 2. The summed E-state index contributed by atoms with van der Waals surface area (Å²) in [6.07, 6.45) is 1.07. The lowest BCUT2D eigenvalue weighted by atomic mass is 9.90. The van der Waals surface area contributed by atoms with Crippen molar-refractivity contribution in [2.75, 3.05) is 46.3 Å². The van der Waals surface area contributed by atoms with E-state index in [1.54, 1.807) is 4.90 Å². The van der Waals surface area contributed by atoms with Crippen molar-refractivity contribution in [1.29, 1.82) is 0 Å². The van der Waals surface area contributed by atoms with E-state index < -0.39 is 11.7 Å². The molecule has 0 radical (unpaired) electrons. The lowest BCUT2D eigenvalue weighted by Crippen LogP contribution is -2.63. The Morgan fingerprint density at radius 1 is 1.09 bits per heavy atom. The third-order valence-electron chi connectivity index (χ3n) is 6.22. The summed E-state index contributed by atoms with van der Waals surface area (Å²) in [5.74, 6) is 0.0813. The normalized spacial score (nSPS) is 21.8. The Balaban J connectivity index is 0.000000821. The van der Waals surface area contributed by atoms with E-state index in [4.69, 9.17) is 19.1 Å². The molecule has 0 bridgehead atoms. The summed E-state index contributed by atoms with van der Waals surface area (Å²) >= 11 is 0. The van der Waals surface area contributed by atoms with E-state index in [0.29, 0.717) is 25.4 Å². The second-order valence-electron chi connectivity index (χ2n) is 8.50. The first-order chi connectivity index (χ1) is 15.9. The van der Waals surface area contributed by atoms with E-state index in [-0.39, 0.29) is 24.2 Å². The summed E-state index contributed by atoms with van der Waals surface area (Å²) in [5, 5.41) is 14.8. The fourth-order valence-electron chi connectivity index (χ4n) is 4.39. The minimum Gasteiger partial charge on any atom is -0.483 e. The van der Waals surface area contributed by atoms with Crippen molar-refractivity contribution >= 4 is 18.3 Å². The molecule has 1 N–H and O–H groups in total. The predicted octanol–water partition coefficient (Wildman–Crippen LogP) is 0.585. The molecule has 3 fully saturated rings. The van der Waals surface area contributed by atoms with Crippen molar-refractivity contribution < 1.29 is 28.6 Å². The van der Waals surface area contributed by atoms with E-state index in [1.165, 1.54) is 0 Å². The fourth-order valence-corrected chi connectivity index (χ4v) is 4.39. The molecule has 4 heterocycles. The number of carbonyl (C=O) groups excluding carboxylic acids is 2. The average molecular weight is 457 g/mol. The number of rotatable bonds is 3. The van der Waals surface area contributed by atoms with Crippen molar-refractivity contribution in [3.8, 4) is 11.5 Å². The molecule has 3 aliphatic heterocycles. The first kappa shape index (κ1) is 22.9. The van der Waals surface area contributed by atoms with E-state index in [1.807, 2.05) is 35.2 Å². The number of hydrogen-bond acceptors (Lipinski definition) is 8. The van der Waals surface area contributed by atoms with Gasteiger partial charge in [0.1, 0.15) is 11.7 Å². The van der Waals surface area contributed by atoms with Crippen molar-refractivity contribution in [2.45, 2.75) is 24.5 Å². The molecule has 2 amide bonds.